The third-order valence-corrected chi connectivity index (χ3v) is 5.99. The Kier molecular flexibility index (Phi) is 7.21. The maximum atomic E-state index is 11.8. The molecule has 5 nitrogen and oxygen atoms in total. The van der Waals surface area contributed by atoms with Crippen molar-refractivity contribution in [3.05, 3.63) is 41.2 Å². The summed E-state index contributed by atoms with van der Waals surface area (Å²) >= 11 is 1.50. The Morgan fingerprint density at radius 3 is 2.70 bits per heavy atom. The highest BCUT2D eigenvalue weighted by molar-refractivity contribution is 7.09. The quantitative estimate of drug-likeness (QED) is 0.746. The van der Waals surface area contributed by atoms with Gasteiger partial charge in [0.1, 0.15) is 5.82 Å². The Morgan fingerprint density at radius 1 is 1.26 bits per heavy atom. The van der Waals surface area contributed by atoms with Crippen LogP contribution in [-0.4, -0.2) is 34.9 Å². The summed E-state index contributed by atoms with van der Waals surface area (Å²) in [5.41, 5.74) is 2.53. The van der Waals surface area contributed by atoms with Crippen molar-refractivity contribution >= 4 is 22.6 Å². The molecule has 1 N–H and O–H groups in total. The van der Waals surface area contributed by atoms with Crippen molar-refractivity contribution < 1.29 is 4.79 Å². The summed E-state index contributed by atoms with van der Waals surface area (Å²) in [5, 5.41) is 4.12. The first kappa shape index (κ1) is 19.8. The van der Waals surface area contributed by atoms with Gasteiger partial charge in [-0.3, -0.25) is 4.79 Å². The van der Waals surface area contributed by atoms with Crippen LogP contribution >= 0.6 is 11.5 Å². The number of hydrogen-bond acceptors (Lipinski definition) is 5. The number of hydrogen-bond donors (Lipinski definition) is 1. The first-order valence-corrected chi connectivity index (χ1v) is 10.8. The molecule has 0 radical (unpaired) electrons. The maximum Gasteiger partial charge on any atom is 0.220 e. The second-order valence-corrected chi connectivity index (χ2v) is 8.22. The Hall–Kier alpha value is -1.95. The molecule has 3 rings (SSSR count). The molecule has 0 saturated carbocycles. The van der Waals surface area contributed by atoms with Crippen LogP contribution in [0.15, 0.2) is 24.3 Å². The largest absolute Gasteiger partial charge is 0.356 e. The summed E-state index contributed by atoms with van der Waals surface area (Å²) in [6.45, 7) is 7.01. The number of benzene rings is 1. The summed E-state index contributed by atoms with van der Waals surface area (Å²) in [4.78, 5) is 18.9. The standard InChI is InChI=1S/C21H30N4OS/c1-3-4-5-20(26)22-15-18-10-12-25(13-11-18)21-23-19(24-27-21)14-17-8-6-16(2)7-9-17/h6-9,18H,3-5,10-15H2,1-2H3,(H,22,26). The molecule has 0 unspecified atom stereocenters. The summed E-state index contributed by atoms with van der Waals surface area (Å²) in [6.07, 6.45) is 5.69. The van der Waals surface area contributed by atoms with Gasteiger partial charge in [-0.05, 0) is 37.7 Å². The average molecular weight is 387 g/mol. The van der Waals surface area contributed by atoms with Crippen LogP contribution in [0, 0.1) is 12.8 Å². The second kappa shape index (κ2) is 9.83. The number of unbranched alkanes of at least 4 members (excludes halogenated alkanes) is 1. The molecule has 2 aromatic rings. The van der Waals surface area contributed by atoms with Crippen LogP contribution in [0.3, 0.4) is 0 Å². The minimum Gasteiger partial charge on any atom is -0.356 e. The van der Waals surface area contributed by atoms with Crippen molar-refractivity contribution in [1.82, 2.24) is 14.7 Å². The number of nitrogens with one attached hydrogen (secondary N) is 1. The summed E-state index contributed by atoms with van der Waals surface area (Å²) < 4.78 is 4.55. The molecule has 1 aromatic carbocycles. The molecule has 0 bridgehead atoms. The number of aryl methyl sites for hydroxylation is 1. The van der Waals surface area contributed by atoms with Crippen LogP contribution in [0.1, 0.15) is 56.0 Å². The number of rotatable bonds is 8. The van der Waals surface area contributed by atoms with Crippen LogP contribution in [0.4, 0.5) is 5.13 Å². The molecule has 1 aliphatic heterocycles. The van der Waals surface area contributed by atoms with Crippen molar-refractivity contribution in [3.8, 4) is 0 Å². The predicted octanol–water partition coefficient (Wildman–Crippen LogP) is 3.96. The normalized spacial score (nSPS) is 15.1. The van der Waals surface area contributed by atoms with E-state index in [0.717, 1.165) is 62.7 Å². The molecular weight excluding hydrogens is 356 g/mol. The van der Waals surface area contributed by atoms with Gasteiger partial charge in [-0.2, -0.15) is 4.37 Å². The van der Waals surface area contributed by atoms with E-state index in [4.69, 9.17) is 4.98 Å². The topological polar surface area (TPSA) is 58.1 Å². The van der Waals surface area contributed by atoms with E-state index in [-0.39, 0.29) is 5.91 Å². The van der Waals surface area contributed by atoms with E-state index in [9.17, 15) is 4.79 Å². The Bertz CT molecular complexity index is 720. The highest BCUT2D eigenvalue weighted by atomic mass is 32.1. The fraction of sp³-hybridized carbons (Fsp3) is 0.571. The zero-order valence-corrected chi connectivity index (χ0v) is 17.2. The van der Waals surface area contributed by atoms with Gasteiger partial charge >= 0.3 is 0 Å². The van der Waals surface area contributed by atoms with Gasteiger partial charge in [-0.15, -0.1) is 0 Å². The summed E-state index contributed by atoms with van der Waals surface area (Å²) in [6, 6.07) is 8.56. The highest BCUT2D eigenvalue weighted by Gasteiger charge is 2.22. The van der Waals surface area contributed by atoms with Crippen LogP contribution in [-0.2, 0) is 11.2 Å². The minimum absolute atomic E-state index is 0.198. The summed E-state index contributed by atoms with van der Waals surface area (Å²) in [7, 11) is 0. The van der Waals surface area contributed by atoms with E-state index in [1.54, 1.807) is 0 Å². The monoisotopic (exact) mass is 386 g/mol. The van der Waals surface area contributed by atoms with Gasteiger partial charge < -0.3 is 10.2 Å². The number of aromatic nitrogens is 2. The van der Waals surface area contributed by atoms with Crippen molar-refractivity contribution in [2.24, 2.45) is 5.92 Å². The van der Waals surface area contributed by atoms with Gasteiger partial charge in [0.15, 0.2) is 0 Å². The molecule has 1 aliphatic rings. The van der Waals surface area contributed by atoms with Crippen molar-refractivity contribution in [2.75, 3.05) is 24.5 Å². The fourth-order valence-corrected chi connectivity index (χ4v) is 4.08. The second-order valence-electron chi connectivity index (χ2n) is 7.49. The molecule has 2 heterocycles. The number of carbonyl (C=O) groups excluding carboxylic acids is 1. The number of amides is 1. The van der Waals surface area contributed by atoms with Crippen molar-refractivity contribution in [1.29, 1.82) is 0 Å². The van der Waals surface area contributed by atoms with Crippen LogP contribution < -0.4 is 10.2 Å². The van der Waals surface area contributed by atoms with Crippen LogP contribution in [0.5, 0.6) is 0 Å². The molecule has 0 aliphatic carbocycles. The zero-order chi connectivity index (χ0) is 19.1. The third-order valence-electron chi connectivity index (χ3n) is 5.17. The minimum atomic E-state index is 0.198. The van der Waals surface area contributed by atoms with E-state index in [1.165, 1.54) is 22.7 Å². The van der Waals surface area contributed by atoms with E-state index >= 15 is 0 Å². The maximum absolute atomic E-state index is 11.8. The lowest BCUT2D eigenvalue weighted by atomic mass is 9.97. The third kappa shape index (κ3) is 6.03. The molecule has 6 heteroatoms. The van der Waals surface area contributed by atoms with Crippen LogP contribution in [0.25, 0.3) is 0 Å². The number of nitrogens with zero attached hydrogens (tertiary/aromatic N) is 3. The number of carbonyl (C=O) groups is 1. The van der Waals surface area contributed by atoms with Gasteiger partial charge in [0, 0.05) is 44.0 Å². The number of anilines is 1. The lowest BCUT2D eigenvalue weighted by Crippen LogP contribution is -2.38. The molecule has 146 valence electrons. The predicted molar refractivity (Wildman–Crippen MR) is 111 cm³/mol. The van der Waals surface area contributed by atoms with E-state index in [2.05, 4.69) is 52.7 Å². The highest BCUT2D eigenvalue weighted by Crippen LogP contribution is 2.25. The van der Waals surface area contributed by atoms with Gasteiger partial charge in [0.2, 0.25) is 11.0 Å². The van der Waals surface area contributed by atoms with Gasteiger partial charge in [0.05, 0.1) is 0 Å². The van der Waals surface area contributed by atoms with Gasteiger partial charge in [-0.25, -0.2) is 4.98 Å². The van der Waals surface area contributed by atoms with E-state index in [1.807, 2.05) is 0 Å². The lowest BCUT2D eigenvalue weighted by Gasteiger charge is -2.31. The molecule has 0 atom stereocenters. The van der Waals surface area contributed by atoms with Crippen molar-refractivity contribution in [3.63, 3.8) is 0 Å². The molecule has 1 saturated heterocycles. The van der Waals surface area contributed by atoms with E-state index < -0.39 is 0 Å². The Balaban J connectivity index is 1.44. The first-order chi connectivity index (χ1) is 13.1. The lowest BCUT2D eigenvalue weighted by molar-refractivity contribution is -0.121. The Morgan fingerprint density at radius 2 is 2.00 bits per heavy atom. The fourth-order valence-electron chi connectivity index (χ4n) is 3.35. The summed E-state index contributed by atoms with van der Waals surface area (Å²) in [5.74, 6) is 1.68. The van der Waals surface area contributed by atoms with Crippen molar-refractivity contribution in [2.45, 2.75) is 52.4 Å². The van der Waals surface area contributed by atoms with Crippen LogP contribution in [0.2, 0.25) is 0 Å². The van der Waals surface area contributed by atoms with E-state index in [0.29, 0.717) is 12.3 Å². The number of piperidine rings is 1. The molecular formula is C21H30N4OS. The molecule has 0 spiro atoms. The van der Waals surface area contributed by atoms with Gasteiger partial charge in [0.25, 0.3) is 0 Å². The Labute approximate surface area is 166 Å². The molecule has 1 fully saturated rings. The smallest absolute Gasteiger partial charge is 0.220 e. The zero-order valence-electron chi connectivity index (χ0n) is 16.4. The molecule has 1 aromatic heterocycles. The average Bonchev–Trinajstić information content (AvgIpc) is 3.15. The first-order valence-electron chi connectivity index (χ1n) is 10.0. The SMILES string of the molecule is CCCCC(=O)NCC1CCN(c2nc(Cc3ccc(C)cc3)ns2)CC1. The van der Waals surface area contributed by atoms with Gasteiger partial charge in [-0.1, -0.05) is 43.2 Å². The molecule has 27 heavy (non-hydrogen) atoms. The molecule has 1 amide bonds.